The number of alkyl halides is 3. The minimum Gasteiger partial charge on any atom is -0.340 e. The van der Waals surface area contributed by atoms with Gasteiger partial charge in [-0.25, -0.2) is 4.98 Å². The first kappa shape index (κ1) is 18.4. The number of ketones is 1. The largest absolute Gasteiger partial charge is 0.418 e. The van der Waals surface area contributed by atoms with E-state index in [9.17, 15) is 18.0 Å². The van der Waals surface area contributed by atoms with Crippen molar-refractivity contribution in [1.29, 1.82) is 0 Å². The number of Topliss-reactive ketones (excluding diaryl/α,β-unsaturated/α-hetero) is 1. The molecule has 0 aliphatic carbocycles. The number of aromatic nitrogens is 2. The van der Waals surface area contributed by atoms with E-state index in [-0.39, 0.29) is 23.2 Å². The lowest BCUT2D eigenvalue weighted by Crippen LogP contribution is -2.09. The fourth-order valence-electron chi connectivity index (χ4n) is 2.41. The van der Waals surface area contributed by atoms with Gasteiger partial charge in [-0.1, -0.05) is 24.3 Å². The molecule has 27 heavy (non-hydrogen) atoms. The Labute approximate surface area is 153 Å². The highest BCUT2D eigenvalue weighted by Crippen LogP contribution is 2.35. The molecule has 0 saturated carbocycles. The molecule has 0 saturated heterocycles. The zero-order chi connectivity index (χ0) is 19.4. The quantitative estimate of drug-likeness (QED) is 0.604. The molecule has 0 aliphatic heterocycles. The first-order valence-electron chi connectivity index (χ1n) is 7.97. The number of carbonyl (C=O) groups excluding carboxylic acids is 1. The Morgan fingerprint density at radius 1 is 1.00 bits per heavy atom. The molecule has 2 N–H and O–H groups in total. The van der Waals surface area contributed by atoms with Crippen molar-refractivity contribution in [2.45, 2.75) is 13.1 Å². The van der Waals surface area contributed by atoms with Crippen molar-refractivity contribution in [2.24, 2.45) is 0 Å². The summed E-state index contributed by atoms with van der Waals surface area (Å²) in [5.74, 6) is 0.302. The summed E-state index contributed by atoms with van der Waals surface area (Å²) in [5, 5.41) is 5.60. The molecule has 3 aromatic rings. The maximum atomic E-state index is 13.1. The van der Waals surface area contributed by atoms with Crippen LogP contribution in [0.4, 0.5) is 36.3 Å². The Morgan fingerprint density at radius 3 is 2.52 bits per heavy atom. The average Bonchev–Trinajstić information content (AvgIpc) is 2.62. The van der Waals surface area contributed by atoms with Crippen LogP contribution in [0.3, 0.4) is 0 Å². The van der Waals surface area contributed by atoms with Crippen molar-refractivity contribution in [2.75, 3.05) is 10.6 Å². The van der Waals surface area contributed by atoms with Crippen molar-refractivity contribution < 1.29 is 18.0 Å². The predicted octanol–water partition coefficient (Wildman–Crippen LogP) is 5.19. The Morgan fingerprint density at radius 2 is 1.78 bits per heavy atom. The van der Waals surface area contributed by atoms with E-state index in [1.165, 1.54) is 37.4 Å². The highest BCUT2D eigenvalue weighted by atomic mass is 19.4. The lowest BCUT2D eigenvalue weighted by Gasteiger charge is -2.14. The third kappa shape index (κ3) is 4.60. The molecular weight excluding hydrogens is 357 g/mol. The molecule has 0 fully saturated rings. The van der Waals surface area contributed by atoms with Gasteiger partial charge >= 0.3 is 6.18 Å². The second kappa shape index (κ2) is 7.45. The van der Waals surface area contributed by atoms with Gasteiger partial charge in [0, 0.05) is 17.4 Å². The van der Waals surface area contributed by atoms with E-state index in [2.05, 4.69) is 20.6 Å². The summed E-state index contributed by atoms with van der Waals surface area (Å²) < 4.78 is 39.3. The van der Waals surface area contributed by atoms with Gasteiger partial charge in [0.15, 0.2) is 5.78 Å². The van der Waals surface area contributed by atoms with E-state index in [4.69, 9.17) is 0 Å². The average molecular weight is 372 g/mol. The second-order valence-electron chi connectivity index (χ2n) is 5.70. The van der Waals surface area contributed by atoms with Crippen molar-refractivity contribution in [3.63, 3.8) is 0 Å². The number of para-hydroxylation sites is 1. The van der Waals surface area contributed by atoms with Crippen LogP contribution in [-0.2, 0) is 6.18 Å². The summed E-state index contributed by atoms with van der Waals surface area (Å²) in [4.78, 5) is 19.7. The highest BCUT2D eigenvalue weighted by Gasteiger charge is 2.33. The van der Waals surface area contributed by atoms with Gasteiger partial charge in [0.1, 0.15) is 5.82 Å². The molecule has 0 amide bonds. The Hall–Kier alpha value is -3.42. The number of halogens is 3. The number of carbonyl (C=O) groups is 1. The highest BCUT2D eigenvalue weighted by molar-refractivity contribution is 5.95. The summed E-state index contributed by atoms with van der Waals surface area (Å²) in [7, 11) is 0. The molecule has 0 aliphatic rings. The van der Waals surface area contributed by atoms with Gasteiger partial charge in [0.2, 0.25) is 5.95 Å². The van der Waals surface area contributed by atoms with E-state index < -0.39 is 11.7 Å². The summed E-state index contributed by atoms with van der Waals surface area (Å²) in [5.41, 5.74) is 0.226. The van der Waals surface area contributed by atoms with Crippen LogP contribution in [-0.4, -0.2) is 15.8 Å². The molecule has 1 heterocycles. The zero-order valence-electron chi connectivity index (χ0n) is 14.2. The van der Waals surface area contributed by atoms with Crippen LogP contribution in [0.2, 0.25) is 0 Å². The summed E-state index contributed by atoms with van der Waals surface area (Å²) in [6, 6.07) is 13.4. The molecule has 138 valence electrons. The molecule has 8 heteroatoms. The van der Waals surface area contributed by atoms with Crippen LogP contribution < -0.4 is 10.6 Å². The van der Waals surface area contributed by atoms with Gasteiger partial charge in [0.05, 0.1) is 11.3 Å². The third-order valence-corrected chi connectivity index (χ3v) is 3.68. The summed E-state index contributed by atoms with van der Waals surface area (Å²) >= 11 is 0. The molecule has 0 atom stereocenters. The second-order valence-corrected chi connectivity index (χ2v) is 5.70. The van der Waals surface area contributed by atoms with Crippen molar-refractivity contribution in [3.05, 3.63) is 71.9 Å². The van der Waals surface area contributed by atoms with E-state index in [1.54, 1.807) is 24.3 Å². The van der Waals surface area contributed by atoms with Crippen LogP contribution in [0.25, 0.3) is 0 Å². The van der Waals surface area contributed by atoms with Gasteiger partial charge < -0.3 is 10.6 Å². The van der Waals surface area contributed by atoms with Crippen LogP contribution in [0.1, 0.15) is 22.8 Å². The number of hydrogen-bond acceptors (Lipinski definition) is 5. The topological polar surface area (TPSA) is 66.9 Å². The lowest BCUT2D eigenvalue weighted by molar-refractivity contribution is -0.136. The number of rotatable bonds is 5. The van der Waals surface area contributed by atoms with Crippen LogP contribution in [0.15, 0.2) is 60.8 Å². The fraction of sp³-hybridized carbons (Fsp3) is 0.105. The van der Waals surface area contributed by atoms with Gasteiger partial charge in [-0.15, -0.1) is 0 Å². The van der Waals surface area contributed by atoms with Crippen molar-refractivity contribution >= 4 is 28.9 Å². The maximum absolute atomic E-state index is 13.1. The van der Waals surface area contributed by atoms with E-state index in [0.717, 1.165) is 6.07 Å². The van der Waals surface area contributed by atoms with Crippen molar-refractivity contribution in [1.82, 2.24) is 9.97 Å². The van der Waals surface area contributed by atoms with Crippen molar-refractivity contribution in [3.8, 4) is 0 Å². The molecule has 0 spiro atoms. The van der Waals surface area contributed by atoms with E-state index >= 15 is 0 Å². The van der Waals surface area contributed by atoms with Gasteiger partial charge in [0.25, 0.3) is 0 Å². The monoisotopic (exact) mass is 372 g/mol. The predicted molar refractivity (Wildman–Crippen MR) is 96.5 cm³/mol. The Kier molecular flexibility index (Phi) is 5.07. The van der Waals surface area contributed by atoms with Gasteiger partial charge in [-0.2, -0.15) is 18.2 Å². The van der Waals surface area contributed by atoms with Crippen LogP contribution in [0, 0.1) is 0 Å². The molecule has 0 unspecified atom stereocenters. The van der Waals surface area contributed by atoms with Crippen LogP contribution >= 0.6 is 0 Å². The molecular formula is C19H15F3N4O. The fourth-order valence-corrected chi connectivity index (χ4v) is 2.41. The smallest absolute Gasteiger partial charge is 0.340 e. The number of hydrogen-bond donors (Lipinski definition) is 2. The van der Waals surface area contributed by atoms with Crippen LogP contribution in [0.5, 0.6) is 0 Å². The van der Waals surface area contributed by atoms with E-state index in [1.807, 2.05) is 0 Å². The molecule has 2 aromatic carbocycles. The zero-order valence-corrected chi connectivity index (χ0v) is 14.2. The van der Waals surface area contributed by atoms with Gasteiger partial charge in [-0.05, 0) is 37.3 Å². The maximum Gasteiger partial charge on any atom is 0.418 e. The SMILES string of the molecule is CC(=O)c1cccc(Nc2nccc(Nc3ccccc3C(F)(F)F)n2)c1. The van der Waals surface area contributed by atoms with Gasteiger partial charge in [-0.3, -0.25) is 4.79 Å². The Balaban J connectivity index is 1.83. The summed E-state index contributed by atoms with van der Waals surface area (Å²) in [6.07, 6.45) is -3.06. The number of nitrogens with zero attached hydrogens (tertiary/aromatic N) is 2. The standard InChI is InChI=1S/C19H15F3N4O/c1-12(27)13-5-4-6-14(11-13)24-18-23-10-9-17(26-18)25-16-8-3-2-7-15(16)19(20,21)22/h2-11H,1H3,(H2,23,24,25,26). The molecule has 3 rings (SSSR count). The first-order chi connectivity index (χ1) is 12.8. The molecule has 1 aromatic heterocycles. The Bertz CT molecular complexity index is 973. The molecule has 0 radical (unpaired) electrons. The molecule has 5 nitrogen and oxygen atoms in total. The summed E-state index contributed by atoms with van der Waals surface area (Å²) in [6.45, 7) is 1.46. The first-order valence-corrected chi connectivity index (χ1v) is 7.97. The number of anilines is 4. The number of benzene rings is 2. The third-order valence-electron chi connectivity index (χ3n) is 3.68. The minimum atomic E-state index is -4.48. The van der Waals surface area contributed by atoms with E-state index in [0.29, 0.717) is 11.3 Å². The normalized spacial score (nSPS) is 11.1. The number of nitrogens with one attached hydrogen (secondary N) is 2. The minimum absolute atomic E-state index is 0.0845. The lowest BCUT2D eigenvalue weighted by atomic mass is 10.1. The molecule has 0 bridgehead atoms.